The molecule has 3 heteroatoms. The second kappa shape index (κ2) is 14.1. The third-order valence-electron chi connectivity index (χ3n) is 6.54. The summed E-state index contributed by atoms with van der Waals surface area (Å²) in [6.07, 6.45) is 14.0. The molecule has 1 atom stereocenters. The zero-order chi connectivity index (χ0) is 20.1. The molecule has 0 spiro atoms. The van der Waals surface area contributed by atoms with Crippen LogP contribution < -0.4 is 0 Å². The molecule has 1 aromatic carbocycles. The Morgan fingerprint density at radius 2 is 1.57 bits per heavy atom. The molecular formula is C25H43NSSn. The number of unbranched alkanes of at least 4 members (excludes halogenated alkanes) is 3. The minimum atomic E-state index is -2.14. The predicted molar refractivity (Wildman–Crippen MR) is 131 cm³/mol. The van der Waals surface area contributed by atoms with Gasteiger partial charge in [-0.25, -0.2) is 0 Å². The van der Waals surface area contributed by atoms with Crippen LogP contribution in [0.1, 0.15) is 72.1 Å². The van der Waals surface area contributed by atoms with Gasteiger partial charge in [-0.3, -0.25) is 0 Å². The van der Waals surface area contributed by atoms with Gasteiger partial charge in [0, 0.05) is 0 Å². The van der Waals surface area contributed by atoms with Crippen LogP contribution in [0, 0.1) is 0 Å². The van der Waals surface area contributed by atoms with Crippen molar-refractivity contribution in [1.29, 1.82) is 0 Å². The van der Waals surface area contributed by atoms with Crippen LogP contribution in [0.4, 0.5) is 0 Å². The molecule has 158 valence electrons. The molecule has 1 fully saturated rings. The van der Waals surface area contributed by atoms with E-state index in [1.54, 1.807) is 13.3 Å². The van der Waals surface area contributed by atoms with E-state index in [9.17, 15) is 0 Å². The fourth-order valence-electron chi connectivity index (χ4n) is 5.00. The number of benzene rings is 1. The van der Waals surface area contributed by atoms with Crippen LogP contribution in [0.5, 0.6) is 0 Å². The first-order chi connectivity index (χ1) is 13.8. The SMILES string of the molecule is CCC[CH2][Sn]([CH2]CCC)([CH2]CCC)[C@H]1CCCN1C/C=C/Sc1ccccc1. The molecule has 28 heavy (non-hydrogen) atoms. The topological polar surface area (TPSA) is 3.24 Å². The van der Waals surface area contributed by atoms with Crippen molar-refractivity contribution in [1.82, 2.24) is 4.90 Å². The molecule has 0 radical (unpaired) electrons. The average Bonchev–Trinajstić information content (AvgIpc) is 3.21. The first-order valence-corrected chi connectivity index (χ1v) is 20.4. The first-order valence-electron chi connectivity index (χ1n) is 11.9. The van der Waals surface area contributed by atoms with E-state index in [1.165, 1.54) is 69.4 Å². The summed E-state index contributed by atoms with van der Waals surface area (Å²) in [4.78, 5) is 4.26. The van der Waals surface area contributed by atoms with E-state index in [2.05, 4.69) is 67.5 Å². The van der Waals surface area contributed by atoms with Crippen LogP contribution in [-0.4, -0.2) is 40.4 Å². The molecule has 0 unspecified atom stereocenters. The molecule has 0 aromatic heterocycles. The van der Waals surface area contributed by atoms with Crippen molar-refractivity contribution in [3.63, 3.8) is 0 Å². The van der Waals surface area contributed by atoms with Gasteiger partial charge in [0.15, 0.2) is 0 Å². The van der Waals surface area contributed by atoms with Gasteiger partial charge in [0.1, 0.15) is 0 Å². The van der Waals surface area contributed by atoms with Crippen molar-refractivity contribution in [3.8, 4) is 0 Å². The molecule has 0 saturated carbocycles. The van der Waals surface area contributed by atoms with Gasteiger partial charge in [0.05, 0.1) is 0 Å². The Hall–Kier alpha value is 0.0687. The number of likely N-dealkylation sites (tertiary alicyclic amines) is 1. The summed E-state index contributed by atoms with van der Waals surface area (Å²) >= 11 is -0.276. The maximum absolute atomic E-state index is 2.92. The third-order valence-corrected chi connectivity index (χ3v) is 24.9. The Morgan fingerprint density at radius 1 is 0.964 bits per heavy atom. The van der Waals surface area contributed by atoms with Crippen molar-refractivity contribution in [3.05, 3.63) is 41.8 Å². The Bertz CT molecular complexity index is 523. The molecule has 1 aromatic rings. The summed E-state index contributed by atoms with van der Waals surface area (Å²) < 4.78 is 5.95. The van der Waals surface area contributed by atoms with E-state index in [1.807, 2.05) is 11.8 Å². The van der Waals surface area contributed by atoms with Gasteiger partial charge in [-0.2, -0.15) is 0 Å². The van der Waals surface area contributed by atoms with E-state index >= 15 is 0 Å². The zero-order valence-electron chi connectivity index (χ0n) is 18.7. The van der Waals surface area contributed by atoms with Crippen LogP contribution in [0.15, 0.2) is 46.7 Å². The minimum absolute atomic E-state index is 1.00. The van der Waals surface area contributed by atoms with Gasteiger partial charge in [0.2, 0.25) is 0 Å². The van der Waals surface area contributed by atoms with Crippen LogP contribution in [0.2, 0.25) is 13.3 Å². The number of rotatable bonds is 14. The summed E-state index contributed by atoms with van der Waals surface area (Å²) in [5.74, 6) is 0. The Balaban J connectivity index is 2.04. The monoisotopic (exact) mass is 509 g/mol. The number of hydrogen-bond acceptors (Lipinski definition) is 2. The fraction of sp³-hybridized carbons (Fsp3) is 0.680. The van der Waals surface area contributed by atoms with Gasteiger partial charge in [-0.1, -0.05) is 0 Å². The van der Waals surface area contributed by atoms with Gasteiger partial charge >= 0.3 is 184 Å². The van der Waals surface area contributed by atoms with E-state index in [-0.39, 0.29) is 0 Å². The number of hydrogen-bond donors (Lipinski definition) is 0. The normalized spacial score (nSPS) is 18.3. The molecule has 1 heterocycles. The van der Waals surface area contributed by atoms with Crippen molar-refractivity contribution in [2.24, 2.45) is 0 Å². The summed E-state index contributed by atoms with van der Waals surface area (Å²) in [7, 11) is 0. The Morgan fingerprint density at radius 3 is 2.14 bits per heavy atom. The van der Waals surface area contributed by atoms with E-state index in [4.69, 9.17) is 0 Å². The number of nitrogens with zero attached hydrogens (tertiary/aromatic N) is 1. The Labute approximate surface area is 183 Å². The third kappa shape index (κ3) is 7.72. The first kappa shape index (κ1) is 24.3. The molecule has 1 aliphatic heterocycles. The van der Waals surface area contributed by atoms with E-state index in [0.29, 0.717) is 0 Å². The fourth-order valence-corrected chi connectivity index (χ4v) is 24.9. The summed E-state index contributed by atoms with van der Waals surface area (Å²) in [5, 5.41) is 2.33. The van der Waals surface area contributed by atoms with Gasteiger partial charge in [0.25, 0.3) is 0 Å². The molecule has 1 aliphatic rings. The molecule has 0 aliphatic carbocycles. The quantitative estimate of drug-likeness (QED) is 0.184. The number of thioether (sulfide) groups is 1. The van der Waals surface area contributed by atoms with Gasteiger partial charge in [-0.15, -0.1) is 0 Å². The van der Waals surface area contributed by atoms with Gasteiger partial charge < -0.3 is 0 Å². The summed E-state index contributed by atoms with van der Waals surface area (Å²) in [5.41, 5.74) is 0. The molecule has 1 saturated heterocycles. The van der Waals surface area contributed by atoms with Crippen molar-refractivity contribution >= 4 is 30.1 Å². The average molecular weight is 508 g/mol. The molecule has 0 bridgehead atoms. The van der Waals surface area contributed by atoms with Crippen molar-refractivity contribution < 1.29 is 0 Å². The van der Waals surface area contributed by atoms with Crippen molar-refractivity contribution in [2.75, 3.05) is 13.1 Å². The second-order valence-electron chi connectivity index (χ2n) is 8.63. The summed E-state index contributed by atoms with van der Waals surface area (Å²) in [6, 6.07) is 10.8. The van der Waals surface area contributed by atoms with Crippen molar-refractivity contribution in [2.45, 2.75) is 94.4 Å². The molecule has 0 amide bonds. The summed E-state index contributed by atoms with van der Waals surface area (Å²) in [6.45, 7) is 9.70. The van der Waals surface area contributed by atoms with Crippen LogP contribution in [-0.2, 0) is 0 Å². The van der Waals surface area contributed by atoms with Crippen LogP contribution in [0.25, 0.3) is 0 Å². The van der Waals surface area contributed by atoms with E-state index in [0.717, 1.165) is 4.06 Å². The molecule has 0 N–H and O–H groups in total. The molecule has 1 nitrogen and oxygen atoms in total. The maximum atomic E-state index is 2.92. The molecular weight excluding hydrogens is 465 g/mol. The van der Waals surface area contributed by atoms with Gasteiger partial charge in [-0.05, 0) is 0 Å². The van der Waals surface area contributed by atoms with Crippen LogP contribution in [0.3, 0.4) is 0 Å². The second-order valence-corrected chi connectivity index (χ2v) is 23.6. The van der Waals surface area contributed by atoms with E-state index < -0.39 is 18.4 Å². The predicted octanol–water partition coefficient (Wildman–Crippen LogP) is 8.15. The van der Waals surface area contributed by atoms with Crippen LogP contribution >= 0.6 is 11.8 Å². The standard InChI is InChI=1S/C13H16NS.3C4H9.Sn/c1-2-7-13(8-3-1)15-12-6-11-14-9-4-5-10-14;3*1-3-4-2;/h1-3,6-9,12H,4-5,10-11H2;3*1,3-4H2,2H3;/b12-6+;;;;. The molecule has 2 rings (SSSR count). The Kier molecular flexibility index (Phi) is 12.3. The zero-order valence-corrected chi connectivity index (χ0v) is 22.3.